The standard InChI is InChI=1S/C19H27N3O4/c1-15(24)26-13-16-7-10-21(11-8-16)17-3-5-18(6-4-17)22(14-23)12-9-19(25)20-2/h3-6,14,16H,7-13H2,1-2H3,(H,20,25). The van der Waals surface area contributed by atoms with Crippen LogP contribution in [0.3, 0.4) is 0 Å². The number of ether oxygens (including phenoxy) is 1. The number of esters is 1. The van der Waals surface area contributed by atoms with Crippen molar-refractivity contribution in [2.75, 3.05) is 43.1 Å². The van der Waals surface area contributed by atoms with E-state index in [4.69, 9.17) is 4.74 Å². The van der Waals surface area contributed by atoms with Crippen LogP contribution in [0.1, 0.15) is 26.2 Å². The summed E-state index contributed by atoms with van der Waals surface area (Å²) < 4.78 is 5.10. The van der Waals surface area contributed by atoms with Gasteiger partial charge in [0.1, 0.15) is 0 Å². The van der Waals surface area contributed by atoms with Crippen molar-refractivity contribution in [3.8, 4) is 0 Å². The third kappa shape index (κ3) is 5.75. The SMILES string of the molecule is CNC(=O)CCN(C=O)c1ccc(N2CCC(COC(C)=O)CC2)cc1. The molecule has 0 aliphatic carbocycles. The van der Waals surface area contributed by atoms with Gasteiger partial charge in [0.05, 0.1) is 6.61 Å². The lowest BCUT2D eigenvalue weighted by atomic mass is 9.97. The van der Waals surface area contributed by atoms with Gasteiger partial charge >= 0.3 is 5.97 Å². The van der Waals surface area contributed by atoms with Gasteiger partial charge in [-0.05, 0) is 43.0 Å². The molecule has 142 valence electrons. The molecule has 2 rings (SSSR count). The fraction of sp³-hybridized carbons (Fsp3) is 0.526. The van der Waals surface area contributed by atoms with Gasteiger partial charge in [0.2, 0.25) is 12.3 Å². The Bertz CT molecular complexity index is 610. The minimum absolute atomic E-state index is 0.0925. The van der Waals surface area contributed by atoms with Crippen molar-refractivity contribution in [1.29, 1.82) is 0 Å². The minimum atomic E-state index is -0.223. The summed E-state index contributed by atoms with van der Waals surface area (Å²) in [5.41, 5.74) is 1.88. The van der Waals surface area contributed by atoms with Gasteiger partial charge in [0, 0.05) is 51.4 Å². The Morgan fingerprint density at radius 2 is 1.92 bits per heavy atom. The van der Waals surface area contributed by atoms with Gasteiger partial charge in [0.15, 0.2) is 0 Å². The Balaban J connectivity index is 1.88. The van der Waals surface area contributed by atoms with Crippen LogP contribution in [0.5, 0.6) is 0 Å². The number of amides is 2. The van der Waals surface area contributed by atoms with Crippen LogP contribution in [0.4, 0.5) is 11.4 Å². The Hall–Kier alpha value is -2.57. The first-order chi connectivity index (χ1) is 12.5. The van der Waals surface area contributed by atoms with E-state index < -0.39 is 0 Å². The average Bonchev–Trinajstić information content (AvgIpc) is 2.67. The number of hydrogen-bond acceptors (Lipinski definition) is 5. The molecule has 26 heavy (non-hydrogen) atoms. The first kappa shape index (κ1) is 19.8. The Morgan fingerprint density at radius 3 is 2.46 bits per heavy atom. The number of piperidine rings is 1. The quantitative estimate of drug-likeness (QED) is 0.562. The summed E-state index contributed by atoms with van der Waals surface area (Å²) in [5, 5.41) is 2.55. The Morgan fingerprint density at radius 1 is 1.27 bits per heavy atom. The average molecular weight is 361 g/mol. The minimum Gasteiger partial charge on any atom is -0.466 e. The van der Waals surface area contributed by atoms with Gasteiger partial charge in [-0.1, -0.05) is 0 Å². The predicted octanol–water partition coefficient (Wildman–Crippen LogP) is 1.56. The molecule has 0 saturated carbocycles. The zero-order valence-corrected chi connectivity index (χ0v) is 15.4. The molecule has 7 nitrogen and oxygen atoms in total. The van der Waals surface area contributed by atoms with E-state index in [1.807, 2.05) is 24.3 Å². The maximum atomic E-state index is 11.3. The molecule has 0 bridgehead atoms. The zero-order chi connectivity index (χ0) is 18.9. The van der Waals surface area contributed by atoms with Gasteiger partial charge < -0.3 is 19.9 Å². The van der Waals surface area contributed by atoms with Crippen LogP contribution >= 0.6 is 0 Å². The lowest BCUT2D eigenvalue weighted by Gasteiger charge is -2.33. The molecule has 1 aliphatic rings. The highest BCUT2D eigenvalue weighted by Crippen LogP contribution is 2.25. The molecule has 0 radical (unpaired) electrons. The maximum absolute atomic E-state index is 11.3. The van der Waals surface area contributed by atoms with Crippen molar-refractivity contribution >= 4 is 29.7 Å². The highest BCUT2D eigenvalue weighted by Gasteiger charge is 2.20. The zero-order valence-electron chi connectivity index (χ0n) is 15.4. The van der Waals surface area contributed by atoms with Crippen molar-refractivity contribution in [1.82, 2.24) is 5.32 Å². The third-order valence-corrected chi connectivity index (χ3v) is 4.67. The molecule has 1 aliphatic heterocycles. The van der Waals surface area contributed by atoms with E-state index >= 15 is 0 Å². The number of carbonyl (C=O) groups is 3. The topological polar surface area (TPSA) is 79.0 Å². The molecular formula is C19H27N3O4. The van der Waals surface area contributed by atoms with Crippen molar-refractivity contribution in [2.45, 2.75) is 26.2 Å². The fourth-order valence-corrected chi connectivity index (χ4v) is 3.04. The van der Waals surface area contributed by atoms with Crippen molar-refractivity contribution in [3.63, 3.8) is 0 Å². The predicted molar refractivity (Wildman–Crippen MR) is 100 cm³/mol. The molecule has 0 spiro atoms. The second-order valence-electron chi connectivity index (χ2n) is 6.47. The van der Waals surface area contributed by atoms with Crippen LogP contribution < -0.4 is 15.1 Å². The van der Waals surface area contributed by atoms with Gasteiger partial charge in [-0.2, -0.15) is 0 Å². The summed E-state index contributed by atoms with van der Waals surface area (Å²) in [5.74, 6) is 0.106. The van der Waals surface area contributed by atoms with E-state index in [2.05, 4.69) is 10.2 Å². The van der Waals surface area contributed by atoms with Gasteiger partial charge in [0.25, 0.3) is 0 Å². The fourth-order valence-electron chi connectivity index (χ4n) is 3.04. The van der Waals surface area contributed by atoms with Crippen LogP contribution in [0.25, 0.3) is 0 Å². The first-order valence-corrected chi connectivity index (χ1v) is 8.94. The second kappa shape index (κ2) is 9.79. The summed E-state index contributed by atoms with van der Waals surface area (Å²) in [4.78, 5) is 37.4. The number of carbonyl (C=O) groups excluding carboxylic acids is 3. The summed E-state index contributed by atoms with van der Waals surface area (Å²) in [6, 6.07) is 7.80. The molecule has 1 aromatic rings. The lowest BCUT2D eigenvalue weighted by molar-refractivity contribution is -0.142. The summed E-state index contributed by atoms with van der Waals surface area (Å²) >= 11 is 0. The number of nitrogens with zero attached hydrogens (tertiary/aromatic N) is 2. The molecule has 1 fully saturated rings. The monoisotopic (exact) mass is 361 g/mol. The molecule has 1 saturated heterocycles. The van der Waals surface area contributed by atoms with Crippen LogP contribution in [0.15, 0.2) is 24.3 Å². The van der Waals surface area contributed by atoms with Crippen molar-refractivity contribution in [3.05, 3.63) is 24.3 Å². The van der Waals surface area contributed by atoms with Gasteiger partial charge in [-0.3, -0.25) is 14.4 Å². The van der Waals surface area contributed by atoms with Crippen LogP contribution in [0.2, 0.25) is 0 Å². The number of rotatable bonds is 8. The molecular weight excluding hydrogens is 334 g/mol. The normalized spacial score (nSPS) is 14.6. The van der Waals surface area contributed by atoms with Crippen molar-refractivity contribution < 1.29 is 19.1 Å². The third-order valence-electron chi connectivity index (χ3n) is 4.67. The van der Waals surface area contributed by atoms with E-state index in [-0.39, 0.29) is 18.3 Å². The van der Waals surface area contributed by atoms with Crippen LogP contribution in [0, 0.1) is 5.92 Å². The van der Waals surface area contributed by atoms with Gasteiger partial charge in [-0.25, -0.2) is 0 Å². The largest absolute Gasteiger partial charge is 0.466 e. The van der Waals surface area contributed by atoms with E-state index in [0.717, 1.165) is 43.7 Å². The summed E-state index contributed by atoms with van der Waals surface area (Å²) in [7, 11) is 1.58. The lowest BCUT2D eigenvalue weighted by Crippen LogP contribution is -2.35. The summed E-state index contributed by atoms with van der Waals surface area (Å²) in [6.07, 6.45) is 2.99. The summed E-state index contributed by atoms with van der Waals surface area (Å²) in [6.45, 7) is 4.12. The number of anilines is 2. The molecule has 0 aromatic heterocycles. The smallest absolute Gasteiger partial charge is 0.302 e. The van der Waals surface area contributed by atoms with Gasteiger partial charge in [-0.15, -0.1) is 0 Å². The number of hydrogen-bond donors (Lipinski definition) is 1. The number of nitrogens with one attached hydrogen (secondary N) is 1. The molecule has 2 amide bonds. The molecule has 1 aromatic carbocycles. The highest BCUT2D eigenvalue weighted by molar-refractivity contribution is 5.80. The highest BCUT2D eigenvalue weighted by atomic mass is 16.5. The molecule has 1 N–H and O–H groups in total. The molecule has 0 unspecified atom stereocenters. The Labute approximate surface area is 154 Å². The van der Waals surface area contributed by atoms with E-state index in [1.165, 1.54) is 11.8 Å². The van der Waals surface area contributed by atoms with Crippen LogP contribution in [-0.4, -0.2) is 51.6 Å². The van der Waals surface area contributed by atoms with Crippen LogP contribution in [-0.2, 0) is 19.1 Å². The van der Waals surface area contributed by atoms with E-state index in [0.29, 0.717) is 19.1 Å². The van der Waals surface area contributed by atoms with Crippen molar-refractivity contribution in [2.24, 2.45) is 5.92 Å². The second-order valence-corrected chi connectivity index (χ2v) is 6.47. The number of benzene rings is 1. The molecule has 7 heteroatoms. The Kier molecular flexibility index (Phi) is 7.44. The maximum Gasteiger partial charge on any atom is 0.302 e. The molecule has 1 heterocycles. The molecule has 0 atom stereocenters. The van der Waals surface area contributed by atoms with E-state index in [9.17, 15) is 14.4 Å². The first-order valence-electron chi connectivity index (χ1n) is 8.94. The van der Waals surface area contributed by atoms with E-state index in [1.54, 1.807) is 7.05 Å².